The number of rotatable bonds is 6. The van der Waals surface area contributed by atoms with Crippen molar-refractivity contribution in [3.05, 3.63) is 53.3 Å². The number of ether oxygens (including phenoxy) is 2. The van der Waals surface area contributed by atoms with E-state index >= 15 is 0 Å². The number of benzene rings is 1. The molecule has 7 heteroatoms. The van der Waals surface area contributed by atoms with Crippen molar-refractivity contribution in [3.8, 4) is 16.3 Å². The first-order valence-corrected chi connectivity index (χ1v) is 8.29. The van der Waals surface area contributed by atoms with Crippen LogP contribution in [0.4, 0.5) is 0 Å². The van der Waals surface area contributed by atoms with Gasteiger partial charge in [0, 0.05) is 25.0 Å². The van der Waals surface area contributed by atoms with Crippen LogP contribution in [0, 0.1) is 0 Å². The fraction of sp³-hybridized carbons (Fsp3) is 0.235. The summed E-state index contributed by atoms with van der Waals surface area (Å²) in [4.78, 5) is 16.5. The molecule has 0 aliphatic rings. The summed E-state index contributed by atoms with van der Waals surface area (Å²) < 4.78 is 12.3. The van der Waals surface area contributed by atoms with E-state index < -0.39 is 5.97 Å². The van der Waals surface area contributed by atoms with Crippen LogP contribution < -0.4 is 4.74 Å². The summed E-state index contributed by atoms with van der Waals surface area (Å²) in [5.74, 6) is 0.305. The van der Waals surface area contributed by atoms with E-state index in [1.165, 1.54) is 11.3 Å². The Morgan fingerprint density at radius 1 is 1.33 bits per heavy atom. The zero-order valence-corrected chi connectivity index (χ0v) is 14.2. The van der Waals surface area contributed by atoms with Gasteiger partial charge in [-0.1, -0.05) is 12.1 Å². The largest absolute Gasteiger partial charge is 0.496 e. The Hall–Kier alpha value is -2.67. The van der Waals surface area contributed by atoms with Gasteiger partial charge in [0.1, 0.15) is 10.8 Å². The molecule has 0 unspecified atom stereocenters. The van der Waals surface area contributed by atoms with Crippen molar-refractivity contribution in [1.82, 2.24) is 14.8 Å². The van der Waals surface area contributed by atoms with Crippen molar-refractivity contribution < 1.29 is 14.3 Å². The summed E-state index contributed by atoms with van der Waals surface area (Å²) in [5, 5.41) is 6.51. The number of nitrogens with zero attached hydrogens (tertiary/aromatic N) is 3. The quantitative estimate of drug-likeness (QED) is 0.644. The topological polar surface area (TPSA) is 66.2 Å². The lowest BCUT2D eigenvalue weighted by Gasteiger charge is -2.04. The standard InChI is InChI=1S/C17H17N3O3S/c1-20-10-12(9-18-20)7-8-23-17(21)14-11-24-16(19-14)13-5-3-4-6-15(13)22-2/h3-6,9-11H,7-8H2,1-2H3. The highest BCUT2D eigenvalue weighted by atomic mass is 32.1. The van der Waals surface area contributed by atoms with Crippen molar-refractivity contribution in [2.45, 2.75) is 6.42 Å². The predicted octanol–water partition coefficient (Wildman–Crippen LogP) is 2.95. The van der Waals surface area contributed by atoms with Crippen molar-refractivity contribution in [3.63, 3.8) is 0 Å². The van der Waals surface area contributed by atoms with E-state index in [2.05, 4.69) is 10.1 Å². The monoisotopic (exact) mass is 343 g/mol. The van der Waals surface area contributed by atoms with Crippen LogP contribution in [0.1, 0.15) is 16.1 Å². The maximum atomic E-state index is 12.1. The molecular formula is C17H17N3O3S. The van der Waals surface area contributed by atoms with E-state index in [1.807, 2.05) is 37.5 Å². The molecule has 0 bridgehead atoms. The van der Waals surface area contributed by atoms with Gasteiger partial charge in [-0.3, -0.25) is 4.68 Å². The Morgan fingerprint density at radius 2 is 2.17 bits per heavy atom. The number of methoxy groups -OCH3 is 1. The second-order valence-corrected chi connectivity index (χ2v) is 6.00. The first-order valence-electron chi connectivity index (χ1n) is 7.41. The van der Waals surface area contributed by atoms with Crippen molar-refractivity contribution in [2.24, 2.45) is 7.05 Å². The lowest BCUT2D eigenvalue weighted by atomic mass is 10.2. The van der Waals surface area contributed by atoms with Gasteiger partial charge in [0.05, 0.1) is 25.5 Å². The number of aromatic nitrogens is 3. The van der Waals surface area contributed by atoms with Crippen LogP contribution in [0.3, 0.4) is 0 Å². The van der Waals surface area contributed by atoms with Crippen molar-refractivity contribution in [2.75, 3.05) is 13.7 Å². The van der Waals surface area contributed by atoms with E-state index in [0.717, 1.165) is 21.9 Å². The lowest BCUT2D eigenvalue weighted by Crippen LogP contribution is -2.08. The van der Waals surface area contributed by atoms with Crippen molar-refractivity contribution in [1.29, 1.82) is 0 Å². The van der Waals surface area contributed by atoms with E-state index in [1.54, 1.807) is 23.4 Å². The lowest BCUT2D eigenvalue weighted by molar-refractivity contribution is 0.0503. The number of hydrogen-bond donors (Lipinski definition) is 0. The Bertz CT molecular complexity index is 841. The van der Waals surface area contributed by atoms with Crippen LogP contribution in [0.2, 0.25) is 0 Å². The molecule has 0 spiro atoms. The minimum Gasteiger partial charge on any atom is -0.496 e. The Balaban J connectivity index is 1.63. The third kappa shape index (κ3) is 3.62. The summed E-state index contributed by atoms with van der Waals surface area (Å²) >= 11 is 1.39. The van der Waals surface area contributed by atoms with E-state index in [9.17, 15) is 4.79 Å². The highest BCUT2D eigenvalue weighted by Gasteiger charge is 2.15. The second kappa shape index (κ2) is 7.27. The zero-order chi connectivity index (χ0) is 16.9. The number of carbonyl (C=O) groups excluding carboxylic acids is 1. The van der Waals surface area contributed by atoms with Crippen LogP contribution in [0.15, 0.2) is 42.0 Å². The summed E-state index contributed by atoms with van der Waals surface area (Å²) in [6, 6.07) is 7.58. The molecule has 0 N–H and O–H groups in total. The molecular weight excluding hydrogens is 326 g/mol. The van der Waals surface area contributed by atoms with Gasteiger partial charge in [-0.25, -0.2) is 9.78 Å². The van der Waals surface area contributed by atoms with Crippen LogP contribution >= 0.6 is 11.3 Å². The number of carbonyl (C=O) groups is 1. The highest BCUT2D eigenvalue weighted by Crippen LogP contribution is 2.31. The summed E-state index contributed by atoms with van der Waals surface area (Å²) in [6.45, 7) is 0.298. The van der Waals surface area contributed by atoms with Gasteiger partial charge < -0.3 is 9.47 Å². The molecule has 3 rings (SSSR count). The van der Waals surface area contributed by atoms with Gasteiger partial charge in [0.15, 0.2) is 5.69 Å². The Labute approximate surface area is 143 Å². The van der Waals surface area contributed by atoms with Crippen LogP contribution in [0.25, 0.3) is 10.6 Å². The molecule has 3 aromatic rings. The fourth-order valence-corrected chi connectivity index (χ4v) is 3.07. The zero-order valence-electron chi connectivity index (χ0n) is 13.4. The molecule has 124 valence electrons. The first kappa shape index (κ1) is 16.2. The number of hydrogen-bond acceptors (Lipinski definition) is 6. The third-order valence-electron chi connectivity index (χ3n) is 3.43. The summed E-state index contributed by atoms with van der Waals surface area (Å²) in [7, 11) is 3.46. The molecule has 2 aromatic heterocycles. The predicted molar refractivity (Wildman–Crippen MR) is 91.3 cm³/mol. The summed E-state index contributed by atoms with van der Waals surface area (Å²) in [5.41, 5.74) is 2.20. The molecule has 0 aliphatic heterocycles. The molecule has 6 nitrogen and oxygen atoms in total. The number of esters is 1. The SMILES string of the molecule is COc1ccccc1-c1nc(C(=O)OCCc2cnn(C)c2)cs1. The number of thiazole rings is 1. The molecule has 0 amide bonds. The molecule has 1 aromatic carbocycles. The molecule has 0 radical (unpaired) electrons. The maximum Gasteiger partial charge on any atom is 0.357 e. The van der Waals surface area contributed by atoms with Gasteiger partial charge in [-0.2, -0.15) is 5.10 Å². The van der Waals surface area contributed by atoms with Gasteiger partial charge in [0.25, 0.3) is 0 Å². The fourth-order valence-electron chi connectivity index (χ4n) is 2.25. The smallest absolute Gasteiger partial charge is 0.357 e. The minimum absolute atomic E-state index is 0.298. The van der Waals surface area contributed by atoms with E-state index in [0.29, 0.717) is 18.7 Å². The van der Waals surface area contributed by atoms with Gasteiger partial charge >= 0.3 is 5.97 Å². The Morgan fingerprint density at radius 3 is 2.92 bits per heavy atom. The van der Waals surface area contributed by atoms with Gasteiger partial charge in [-0.05, 0) is 17.7 Å². The van der Waals surface area contributed by atoms with Gasteiger partial charge in [0.2, 0.25) is 0 Å². The minimum atomic E-state index is -0.420. The second-order valence-electron chi connectivity index (χ2n) is 5.15. The molecule has 0 saturated heterocycles. The van der Waals surface area contributed by atoms with E-state index in [-0.39, 0.29) is 0 Å². The number of aryl methyl sites for hydroxylation is 1. The normalized spacial score (nSPS) is 10.6. The Kier molecular flexibility index (Phi) is 4.90. The number of para-hydroxylation sites is 1. The maximum absolute atomic E-state index is 12.1. The van der Waals surface area contributed by atoms with Gasteiger partial charge in [-0.15, -0.1) is 11.3 Å². The average Bonchev–Trinajstić information content (AvgIpc) is 3.24. The molecule has 2 heterocycles. The first-order chi connectivity index (χ1) is 11.7. The average molecular weight is 343 g/mol. The summed E-state index contributed by atoms with van der Waals surface area (Å²) in [6.07, 6.45) is 4.29. The molecule has 0 fully saturated rings. The molecule has 0 atom stereocenters. The van der Waals surface area contributed by atoms with E-state index in [4.69, 9.17) is 9.47 Å². The van der Waals surface area contributed by atoms with Crippen LogP contribution in [-0.4, -0.2) is 34.5 Å². The molecule has 0 saturated carbocycles. The third-order valence-corrected chi connectivity index (χ3v) is 4.31. The van der Waals surface area contributed by atoms with Crippen molar-refractivity contribution >= 4 is 17.3 Å². The molecule has 24 heavy (non-hydrogen) atoms. The molecule has 0 aliphatic carbocycles. The van der Waals surface area contributed by atoms with Crippen LogP contribution in [-0.2, 0) is 18.2 Å². The highest BCUT2D eigenvalue weighted by molar-refractivity contribution is 7.13. The van der Waals surface area contributed by atoms with Crippen LogP contribution in [0.5, 0.6) is 5.75 Å².